The third-order valence-corrected chi connectivity index (χ3v) is 12.6. The van der Waals surface area contributed by atoms with E-state index in [1.165, 1.54) is 4.90 Å². The fraction of sp³-hybridized carbons (Fsp3) is 0.639. The lowest BCUT2D eigenvalue weighted by atomic mass is 10.0. The van der Waals surface area contributed by atoms with Gasteiger partial charge in [-0.1, -0.05) is 49.3 Å². The van der Waals surface area contributed by atoms with Gasteiger partial charge in [0.2, 0.25) is 27.4 Å². The molecule has 3 aliphatic heterocycles. The zero-order valence-electron chi connectivity index (χ0n) is 30.2. The van der Waals surface area contributed by atoms with Gasteiger partial charge in [-0.15, -0.1) is 0 Å². The smallest absolute Gasteiger partial charge is 0.427 e. The van der Waals surface area contributed by atoms with Crippen molar-refractivity contribution in [1.82, 2.24) is 25.2 Å². The third kappa shape index (κ3) is 8.62. The Bertz CT molecular complexity index is 1800. The first-order chi connectivity index (χ1) is 25.4. The topological polar surface area (TPSA) is 181 Å². The quantitative estimate of drug-likeness (QED) is 0.364. The maximum atomic E-state index is 14.3. The van der Waals surface area contributed by atoms with E-state index in [0.717, 1.165) is 16.0 Å². The predicted molar refractivity (Wildman–Crippen MR) is 186 cm³/mol. The van der Waals surface area contributed by atoms with Gasteiger partial charge in [0.05, 0.1) is 11.8 Å². The fourth-order valence-corrected chi connectivity index (χ4v) is 8.54. The molecule has 14 nitrogen and oxygen atoms in total. The number of nitrogens with one attached hydrogen (secondary N) is 3. The molecule has 54 heavy (non-hydrogen) atoms. The molecule has 3 heterocycles. The van der Waals surface area contributed by atoms with Crippen LogP contribution in [0.2, 0.25) is 0 Å². The number of hydrogen-bond acceptors (Lipinski definition) is 9. The van der Waals surface area contributed by atoms with Crippen LogP contribution in [0.25, 0.3) is 0 Å². The second-order valence-electron chi connectivity index (χ2n) is 15.3. The van der Waals surface area contributed by atoms with E-state index >= 15 is 0 Å². The minimum atomic E-state index is -4.91. The van der Waals surface area contributed by atoms with Crippen molar-refractivity contribution in [3.63, 3.8) is 0 Å². The molecular formula is C36H46F3N5O9S. The second-order valence-corrected chi connectivity index (χ2v) is 17.3. The van der Waals surface area contributed by atoms with Crippen molar-refractivity contribution >= 4 is 39.9 Å². The highest BCUT2D eigenvalue weighted by atomic mass is 32.2. The standard InChI is InChI=1S/C36H46F3N5O9S/c1-34(2,36(37,38)39)53-32(48)40-27-13-7-5-3-4-6-12-24-19-35(24,31(47)42-54(50,51)26-14-15-26)41-29(45)28-18-25(21-44(28)30(27)46)52-33(49)43-17-16-22-10-8-9-11-23(22)20-43/h6,8-12,24-28H,3-5,7,13-21H2,1-2H3,(H,40,48)(H,41,45)(H,42,47)/b12-6-/t24-,25+,27-,28-,35+/m0/s1. The molecule has 18 heteroatoms. The number of alkyl carbamates (subject to hydrolysis) is 1. The predicted octanol–water partition coefficient (Wildman–Crippen LogP) is 3.59. The van der Waals surface area contributed by atoms with E-state index in [0.29, 0.717) is 65.3 Å². The van der Waals surface area contributed by atoms with Crippen molar-refractivity contribution in [2.24, 2.45) is 5.92 Å². The molecule has 5 atom stereocenters. The lowest BCUT2D eigenvalue weighted by molar-refractivity contribution is -0.244. The minimum Gasteiger partial charge on any atom is -0.444 e. The number of carbonyl (C=O) groups is 5. The highest BCUT2D eigenvalue weighted by Crippen LogP contribution is 2.46. The highest BCUT2D eigenvalue weighted by molar-refractivity contribution is 7.91. The molecule has 2 saturated carbocycles. The molecule has 0 spiro atoms. The Kier molecular flexibility index (Phi) is 11.0. The van der Waals surface area contributed by atoms with Crippen LogP contribution in [0.5, 0.6) is 0 Å². The molecule has 1 saturated heterocycles. The Morgan fingerprint density at radius 2 is 1.74 bits per heavy atom. The number of benzene rings is 1. The molecule has 0 aromatic heterocycles. The molecule has 5 amide bonds. The molecule has 1 aromatic carbocycles. The highest BCUT2D eigenvalue weighted by Gasteiger charge is 2.62. The molecule has 0 unspecified atom stereocenters. The zero-order valence-corrected chi connectivity index (χ0v) is 31.0. The van der Waals surface area contributed by atoms with Crippen LogP contribution in [0, 0.1) is 5.92 Å². The number of sulfonamides is 1. The molecule has 3 fully saturated rings. The average molecular weight is 782 g/mol. The van der Waals surface area contributed by atoms with Crippen LogP contribution in [-0.4, -0.2) is 102 Å². The van der Waals surface area contributed by atoms with Crippen molar-refractivity contribution in [3.05, 3.63) is 47.5 Å². The average Bonchev–Trinajstić information content (AvgIpc) is 4.03. The van der Waals surface area contributed by atoms with Crippen molar-refractivity contribution in [2.75, 3.05) is 13.1 Å². The second kappa shape index (κ2) is 15.1. The largest absolute Gasteiger partial charge is 0.444 e. The number of halogens is 3. The third-order valence-electron chi connectivity index (χ3n) is 10.8. The molecule has 296 valence electrons. The van der Waals surface area contributed by atoms with Crippen molar-refractivity contribution in [3.8, 4) is 0 Å². The van der Waals surface area contributed by atoms with Crippen LogP contribution >= 0.6 is 0 Å². The van der Waals surface area contributed by atoms with Crippen molar-refractivity contribution < 1.29 is 55.0 Å². The number of rotatable bonds is 6. The molecule has 5 aliphatic rings. The summed E-state index contributed by atoms with van der Waals surface area (Å²) in [4.78, 5) is 70.9. The summed E-state index contributed by atoms with van der Waals surface area (Å²) in [5, 5.41) is 4.29. The van der Waals surface area contributed by atoms with E-state index in [1.807, 2.05) is 30.3 Å². The first-order valence-corrected chi connectivity index (χ1v) is 19.9. The van der Waals surface area contributed by atoms with Crippen molar-refractivity contribution in [2.45, 2.75) is 125 Å². The Hall–Kier alpha value is -4.35. The summed E-state index contributed by atoms with van der Waals surface area (Å²) in [6.45, 7) is 1.70. The Morgan fingerprint density at radius 3 is 2.44 bits per heavy atom. The van der Waals surface area contributed by atoms with Gasteiger partial charge in [0.15, 0.2) is 0 Å². The van der Waals surface area contributed by atoms with Gasteiger partial charge >= 0.3 is 18.4 Å². The summed E-state index contributed by atoms with van der Waals surface area (Å²) in [6.07, 6.45) is -1.07. The Balaban J connectivity index is 1.25. The SMILES string of the molecule is CC(C)(OC(=O)N[C@H]1CCCCC/C=C\[C@H]2C[C@@]2(C(=O)NS(=O)(=O)C2CC2)NC(=O)[C@@H]2C[C@@H](OC(=O)N3CCc4ccccc4C3)CN2C1=O)C(F)(F)F. The van der Waals surface area contributed by atoms with E-state index in [-0.39, 0.29) is 32.4 Å². The molecule has 6 rings (SSSR count). The summed E-state index contributed by atoms with van der Waals surface area (Å²) in [5.41, 5.74) is -2.46. The van der Waals surface area contributed by atoms with Gasteiger partial charge in [0.25, 0.3) is 5.91 Å². The van der Waals surface area contributed by atoms with Crippen LogP contribution in [0.15, 0.2) is 36.4 Å². The number of hydrogen-bond donors (Lipinski definition) is 3. The lowest BCUT2D eigenvalue weighted by Crippen LogP contribution is -2.58. The molecule has 2 aliphatic carbocycles. The fourth-order valence-electron chi connectivity index (χ4n) is 7.18. The van der Waals surface area contributed by atoms with Crippen LogP contribution in [0.3, 0.4) is 0 Å². The van der Waals surface area contributed by atoms with E-state index in [4.69, 9.17) is 9.47 Å². The first kappa shape index (κ1) is 39.3. The van der Waals surface area contributed by atoms with E-state index < -0.39 is 86.6 Å². The zero-order chi connectivity index (χ0) is 39.1. The molecule has 1 aromatic rings. The molecule has 0 bridgehead atoms. The first-order valence-electron chi connectivity index (χ1n) is 18.3. The summed E-state index contributed by atoms with van der Waals surface area (Å²) in [5.74, 6) is -3.08. The van der Waals surface area contributed by atoms with Gasteiger partial charge in [-0.05, 0) is 69.9 Å². The van der Waals surface area contributed by atoms with Gasteiger partial charge in [0.1, 0.15) is 23.7 Å². The number of alkyl halides is 3. The van der Waals surface area contributed by atoms with E-state index in [9.17, 15) is 45.6 Å². The summed E-state index contributed by atoms with van der Waals surface area (Å²) >= 11 is 0. The number of amides is 5. The lowest BCUT2D eigenvalue weighted by Gasteiger charge is -2.31. The van der Waals surface area contributed by atoms with Crippen molar-refractivity contribution in [1.29, 1.82) is 0 Å². The number of carbonyl (C=O) groups excluding carboxylic acids is 5. The summed E-state index contributed by atoms with van der Waals surface area (Å²) in [7, 11) is -3.97. The maximum Gasteiger partial charge on any atom is 0.427 e. The number of allylic oxidation sites excluding steroid dienone is 1. The normalized spacial score (nSPS) is 28.5. The van der Waals surface area contributed by atoms with Crippen LogP contribution < -0.4 is 15.4 Å². The van der Waals surface area contributed by atoms with Gasteiger partial charge in [-0.3, -0.25) is 19.1 Å². The minimum absolute atomic E-state index is 0.000564. The Morgan fingerprint density at radius 1 is 1.02 bits per heavy atom. The molecule has 3 N–H and O–H groups in total. The molecular weight excluding hydrogens is 735 g/mol. The van der Waals surface area contributed by atoms with Gasteiger partial charge in [-0.25, -0.2) is 18.0 Å². The summed E-state index contributed by atoms with van der Waals surface area (Å²) in [6, 6.07) is 4.88. The van der Waals surface area contributed by atoms with Gasteiger partial charge < -0.3 is 29.9 Å². The Labute approximate surface area is 311 Å². The summed E-state index contributed by atoms with van der Waals surface area (Å²) < 4.78 is 78.8. The van der Waals surface area contributed by atoms with Gasteiger partial charge in [0, 0.05) is 25.4 Å². The van der Waals surface area contributed by atoms with Crippen LogP contribution in [0.1, 0.15) is 82.8 Å². The molecule has 0 radical (unpaired) electrons. The number of ether oxygens (including phenoxy) is 2. The van der Waals surface area contributed by atoms with Gasteiger partial charge in [-0.2, -0.15) is 13.2 Å². The van der Waals surface area contributed by atoms with E-state index in [2.05, 4.69) is 15.4 Å². The van der Waals surface area contributed by atoms with Crippen LogP contribution in [0.4, 0.5) is 22.8 Å². The number of fused-ring (bicyclic) bond motifs is 3. The van der Waals surface area contributed by atoms with Crippen LogP contribution in [-0.2, 0) is 46.8 Å². The monoisotopic (exact) mass is 781 g/mol. The number of nitrogens with zero attached hydrogens (tertiary/aromatic N) is 2. The van der Waals surface area contributed by atoms with E-state index in [1.54, 1.807) is 6.08 Å². The maximum absolute atomic E-state index is 14.3.